The van der Waals surface area contributed by atoms with Gasteiger partial charge in [-0.25, -0.2) is 0 Å². The molecule has 0 N–H and O–H groups in total. The Morgan fingerprint density at radius 2 is 1.91 bits per heavy atom. The molecule has 0 aliphatic rings. The van der Waals surface area contributed by atoms with Crippen molar-refractivity contribution in [2.75, 3.05) is 0 Å². The SMILES string of the molecule is O=C(c1cc[c]cc1)C(Br)Br. The van der Waals surface area contributed by atoms with Gasteiger partial charge in [0, 0.05) is 5.56 Å². The van der Waals surface area contributed by atoms with Gasteiger partial charge in [-0.15, -0.1) is 0 Å². The van der Waals surface area contributed by atoms with E-state index in [1.807, 2.05) is 0 Å². The maximum atomic E-state index is 11.2. The summed E-state index contributed by atoms with van der Waals surface area (Å²) in [5.41, 5.74) is 0.683. The molecule has 0 fully saturated rings. The molecule has 0 aliphatic heterocycles. The first-order valence-corrected chi connectivity index (χ1v) is 4.83. The van der Waals surface area contributed by atoms with E-state index in [0.29, 0.717) is 5.56 Å². The van der Waals surface area contributed by atoms with Gasteiger partial charge in [0.25, 0.3) is 0 Å². The smallest absolute Gasteiger partial charge is 0.187 e. The van der Waals surface area contributed by atoms with E-state index < -0.39 is 0 Å². The molecule has 0 unspecified atom stereocenters. The van der Waals surface area contributed by atoms with Gasteiger partial charge >= 0.3 is 0 Å². The van der Waals surface area contributed by atoms with Crippen LogP contribution in [-0.4, -0.2) is 9.52 Å². The van der Waals surface area contributed by atoms with E-state index >= 15 is 0 Å². The quantitative estimate of drug-likeness (QED) is 0.600. The molecular weight excluding hydrogens is 272 g/mol. The van der Waals surface area contributed by atoms with E-state index in [0.717, 1.165) is 0 Å². The van der Waals surface area contributed by atoms with Crippen LogP contribution in [0.25, 0.3) is 0 Å². The summed E-state index contributed by atoms with van der Waals surface area (Å²) in [4.78, 5) is 11.2. The second-order valence-corrected chi connectivity index (χ2v) is 5.01. The van der Waals surface area contributed by atoms with Crippen LogP contribution < -0.4 is 0 Å². The molecule has 0 aliphatic carbocycles. The monoisotopic (exact) mass is 275 g/mol. The highest BCUT2D eigenvalue weighted by molar-refractivity contribution is 9.25. The number of alkyl halides is 2. The van der Waals surface area contributed by atoms with Gasteiger partial charge < -0.3 is 0 Å². The van der Waals surface area contributed by atoms with E-state index in [1.54, 1.807) is 24.3 Å². The highest BCUT2D eigenvalue weighted by atomic mass is 79.9. The molecule has 1 aromatic rings. The molecule has 0 aromatic heterocycles. The zero-order valence-corrected chi connectivity index (χ0v) is 8.72. The molecule has 1 rings (SSSR count). The Morgan fingerprint density at radius 1 is 1.36 bits per heavy atom. The number of ketones is 1. The van der Waals surface area contributed by atoms with Crippen molar-refractivity contribution in [2.45, 2.75) is 3.74 Å². The van der Waals surface area contributed by atoms with Crippen LogP contribution in [0.3, 0.4) is 0 Å². The normalized spacial score (nSPS) is 10.1. The van der Waals surface area contributed by atoms with E-state index in [2.05, 4.69) is 37.9 Å². The Kier molecular flexibility index (Phi) is 3.27. The lowest BCUT2D eigenvalue weighted by atomic mass is 10.2. The summed E-state index contributed by atoms with van der Waals surface area (Å²) in [5.74, 6) is 0.0269. The number of hydrogen-bond donors (Lipinski definition) is 0. The molecule has 0 saturated carbocycles. The Balaban J connectivity index is 2.86. The molecule has 0 bridgehead atoms. The number of carbonyl (C=O) groups is 1. The topological polar surface area (TPSA) is 17.1 Å². The Labute approximate surface area is 82.1 Å². The van der Waals surface area contributed by atoms with Crippen molar-refractivity contribution < 1.29 is 4.79 Å². The zero-order valence-electron chi connectivity index (χ0n) is 5.55. The van der Waals surface area contributed by atoms with Crippen LogP contribution in [-0.2, 0) is 0 Å². The molecule has 0 amide bonds. The Bertz CT molecular complexity index is 244. The molecule has 0 saturated heterocycles. The first kappa shape index (κ1) is 8.94. The van der Waals surface area contributed by atoms with E-state index in [4.69, 9.17) is 0 Å². The third kappa shape index (κ3) is 2.42. The van der Waals surface area contributed by atoms with Crippen molar-refractivity contribution in [3.8, 4) is 0 Å². The standard InChI is InChI=1S/C8H5Br2O/c9-8(10)7(11)6-4-2-1-3-5-6/h2-5,8H. The number of Topliss-reactive ketones (excluding diaryl/α,β-unsaturated/α-hetero) is 1. The predicted octanol–water partition coefficient (Wildman–Crippen LogP) is 2.79. The third-order valence-corrected chi connectivity index (χ3v) is 2.03. The molecule has 0 heterocycles. The molecule has 1 nitrogen and oxygen atoms in total. The lowest BCUT2D eigenvalue weighted by molar-refractivity contribution is 0.101. The number of halogens is 2. The maximum absolute atomic E-state index is 11.2. The van der Waals surface area contributed by atoms with E-state index in [9.17, 15) is 4.79 Å². The molecule has 0 spiro atoms. The van der Waals surface area contributed by atoms with Crippen molar-refractivity contribution in [1.82, 2.24) is 0 Å². The fourth-order valence-corrected chi connectivity index (χ4v) is 1.21. The van der Waals surface area contributed by atoms with Gasteiger partial charge in [0.1, 0.15) is 3.74 Å². The van der Waals surface area contributed by atoms with Crippen LogP contribution in [0.4, 0.5) is 0 Å². The van der Waals surface area contributed by atoms with Gasteiger partial charge in [0.05, 0.1) is 0 Å². The van der Waals surface area contributed by atoms with Crippen LogP contribution in [0.5, 0.6) is 0 Å². The van der Waals surface area contributed by atoms with Crippen molar-refractivity contribution >= 4 is 37.6 Å². The fourth-order valence-electron chi connectivity index (χ4n) is 0.677. The number of rotatable bonds is 2. The minimum Gasteiger partial charge on any atom is -0.292 e. The highest BCUT2D eigenvalue weighted by Crippen LogP contribution is 2.14. The molecule has 0 atom stereocenters. The predicted molar refractivity (Wildman–Crippen MR) is 51.3 cm³/mol. The van der Waals surface area contributed by atoms with Gasteiger partial charge in [0.15, 0.2) is 5.78 Å². The van der Waals surface area contributed by atoms with Crippen molar-refractivity contribution in [2.24, 2.45) is 0 Å². The third-order valence-electron chi connectivity index (χ3n) is 1.20. The summed E-state index contributed by atoms with van der Waals surface area (Å²) >= 11 is 6.27. The lowest BCUT2D eigenvalue weighted by Gasteiger charge is -1.98. The average Bonchev–Trinajstić information content (AvgIpc) is 2.05. The maximum Gasteiger partial charge on any atom is 0.187 e. The van der Waals surface area contributed by atoms with Gasteiger partial charge in [-0.2, -0.15) is 0 Å². The van der Waals surface area contributed by atoms with Crippen LogP contribution in [0, 0.1) is 6.07 Å². The largest absolute Gasteiger partial charge is 0.292 e. The highest BCUT2D eigenvalue weighted by Gasteiger charge is 2.11. The summed E-state index contributed by atoms with van der Waals surface area (Å²) in [6, 6.07) is 9.75. The van der Waals surface area contributed by atoms with Crippen molar-refractivity contribution in [1.29, 1.82) is 0 Å². The summed E-state index contributed by atoms with van der Waals surface area (Å²) in [7, 11) is 0. The minimum atomic E-state index is -0.294. The summed E-state index contributed by atoms with van der Waals surface area (Å²) in [5, 5.41) is 0. The zero-order chi connectivity index (χ0) is 8.27. The molecule has 57 valence electrons. The lowest BCUT2D eigenvalue weighted by Crippen LogP contribution is -2.06. The van der Waals surface area contributed by atoms with Crippen LogP contribution >= 0.6 is 31.9 Å². The van der Waals surface area contributed by atoms with Crippen LogP contribution in [0.2, 0.25) is 0 Å². The molecule has 1 radical (unpaired) electrons. The summed E-state index contributed by atoms with van der Waals surface area (Å²) in [6.45, 7) is 0. The average molecular weight is 277 g/mol. The summed E-state index contributed by atoms with van der Waals surface area (Å²) < 4.78 is -0.294. The molecule has 11 heavy (non-hydrogen) atoms. The number of benzene rings is 1. The van der Waals surface area contributed by atoms with E-state index in [1.165, 1.54) is 0 Å². The van der Waals surface area contributed by atoms with Gasteiger partial charge in [-0.1, -0.05) is 56.1 Å². The van der Waals surface area contributed by atoms with Crippen molar-refractivity contribution in [3.05, 3.63) is 35.9 Å². The second-order valence-electron chi connectivity index (χ2n) is 1.95. The van der Waals surface area contributed by atoms with Crippen molar-refractivity contribution in [3.63, 3.8) is 0 Å². The first-order chi connectivity index (χ1) is 5.22. The van der Waals surface area contributed by atoms with Crippen LogP contribution in [0.1, 0.15) is 10.4 Å². The van der Waals surface area contributed by atoms with E-state index in [-0.39, 0.29) is 9.52 Å². The van der Waals surface area contributed by atoms with Gasteiger partial charge in [0.2, 0.25) is 0 Å². The molecule has 3 heteroatoms. The van der Waals surface area contributed by atoms with Crippen LogP contribution in [0.15, 0.2) is 24.3 Å². The van der Waals surface area contributed by atoms with Gasteiger partial charge in [-0.3, -0.25) is 4.79 Å². The van der Waals surface area contributed by atoms with Gasteiger partial charge in [-0.05, 0) is 6.07 Å². The molecule has 1 aromatic carbocycles. The Morgan fingerprint density at radius 3 is 2.36 bits per heavy atom. The Hall–Kier alpha value is -0.150. The fraction of sp³-hybridized carbons (Fsp3) is 0.125. The second kappa shape index (κ2) is 4.02. The minimum absolute atomic E-state index is 0.0269. The molecular formula is C8H5Br2O. The number of carbonyl (C=O) groups excluding carboxylic acids is 1. The summed E-state index contributed by atoms with van der Waals surface area (Å²) in [6.07, 6.45) is 0. The first-order valence-electron chi connectivity index (χ1n) is 3.00. The number of hydrogen-bond acceptors (Lipinski definition) is 1.